The topological polar surface area (TPSA) is 78.6 Å². The highest BCUT2D eigenvalue weighted by Crippen LogP contribution is 2.20. The van der Waals surface area contributed by atoms with E-state index >= 15 is 0 Å². The molecule has 0 amide bonds. The molecule has 0 aliphatic carbocycles. The van der Waals surface area contributed by atoms with Gasteiger partial charge in [0.05, 0.1) is 24.5 Å². The molecule has 0 spiro atoms. The van der Waals surface area contributed by atoms with Crippen molar-refractivity contribution in [1.82, 2.24) is 14.7 Å². The number of aromatic nitrogens is 2. The fourth-order valence-corrected chi connectivity index (χ4v) is 2.24. The van der Waals surface area contributed by atoms with Crippen LogP contribution in [0.2, 0.25) is 0 Å². The molecule has 0 fully saturated rings. The number of hydrogen-bond acceptors (Lipinski definition) is 4. The molecule has 0 aromatic carbocycles. The number of hydrogen-bond donors (Lipinski definition) is 2. The highest BCUT2D eigenvalue weighted by atomic mass is 16.4. The Morgan fingerprint density at radius 3 is 3.00 bits per heavy atom. The Balaban J connectivity index is 2.22. The lowest BCUT2D eigenvalue weighted by Crippen LogP contribution is -2.49. The summed E-state index contributed by atoms with van der Waals surface area (Å²) in [5, 5.41) is 22.3. The lowest BCUT2D eigenvalue weighted by Gasteiger charge is -2.36. The van der Waals surface area contributed by atoms with Gasteiger partial charge in [-0.3, -0.25) is 14.4 Å². The number of aliphatic carboxylic acids is 1. The van der Waals surface area contributed by atoms with Crippen LogP contribution in [0.15, 0.2) is 6.07 Å². The van der Waals surface area contributed by atoms with Gasteiger partial charge in [0.15, 0.2) is 0 Å². The first-order chi connectivity index (χ1) is 8.02. The van der Waals surface area contributed by atoms with Crippen LogP contribution in [0.4, 0.5) is 0 Å². The van der Waals surface area contributed by atoms with Crippen molar-refractivity contribution in [3.63, 3.8) is 0 Å². The van der Waals surface area contributed by atoms with Crippen molar-refractivity contribution in [2.75, 3.05) is 0 Å². The lowest BCUT2D eigenvalue weighted by atomic mass is 10.1. The smallest absolute Gasteiger partial charge is 0.320 e. The van der Waals surface area contributed by atoms with Gasteiger partial charge in [0.2, 0.25) is 0 Å². The van der Waals surface area contributed by atoms with Gasteiger partial charge in [0.1, 0.15) is 6.04 Å². The van der Waals surface area contributed by atoms with Gasteiger partial charge in [0, 0.05) is 12.6 Å². The number of aliphatic hydroxyl groups excluding tert-OH is 1. The summed E-state index contributed by atoms with van der Waals surface area (Å²) in [5.74, 6) is -0.813. The molecule has 0 radical (unpaired) electrons. The molecular formula is C11H17N3O3. The molecule has 1 aromatic rings. The Hall–Kier alpha value is -1.40. The van der Waals surface area contributed by atoms with Crippen molar-refractivity contribution in [2.24, 2.45) is 0 Å². The molecule has 1 aromatic heterocycles. The average molecular weight is 239 g/mol. The predicted molar refractivity (Wildman–Crippen MR) is 60.3 cm³/mol. The molecule has 0 bridgehead atoms. The molecule has 1 aliphatic heterocycles. The van der Waals surface area contributed by atoms with Crippen LogP contribution in [0.25, 0.3) is 0 Å². The zero-order chi connectivity index (χ0) is 12.6. The van der Waals surface area contributed by atoms with Crippen LogP contribution in [-0.4, -0.2) is 42.9 Å². The molecule has 6 nitrogen and oxygen atoms in total. The normalized spacial score (nSPS) is 22.2. The molecule has 6 heteroatoms. The van der Waals surface area contributed by atoms with E-state index in [1.165, 1.54) is 0 Å². The van der Waals surface area contributed by atoms with Gasteiger partial charge in [0.25, 0.3) is 0 Å². The zero-order valence-electron chi connectivity index (χ0n) is 10.00. The number of aliphatic hydroxyl groups is 1. The minimum atomic E-state index is -0.813. The summed E-state index contributed by atoms with van der Waals surface area (Å²) in [5.41, 5.74) is 1.59. The number of fused-ring (bicyclic) bond motifs is 1. The van der Waals surface area contributed by atoms with E-state index in [0.29, 0.717) is 18.8 Å². The van der Waals surface area contributed by atoms with Gasteiger partial charge < -0.3 is 10.2 Å². The summed E-state index contributed by atoms with van der Waals surface area (Å²) in [4.78, 5) is 12.9. The summed E-state index contributed by atoms with van der Waals surface area (Å²) in [6.07, 6.45) is 0. The van der Waals surface area contributed by atoms with E-state index in [2.05, 4.69) is 5.10 Å². The second-order valence-electron chi connectivity index (χ2n) is 4.50. The molecule has 1 aliphatic rings. The average Bonchev–Trinajstić information content (AvgIpc) is 2.68. The molecule has 0 saturated heterocycles. The maximum atomic E-state index is 11.0. The highest BCUT2D eigenvalue weighted by molar-refractivity contribution is 5.72. The third-order valence-corrected chi connectivity index (χ3v) is 3.28. The number of carboxylic acids is 1. The summed E-state index contributed by atoms with van der Waals surface area (Å²) in [6.45, 7) is 4.82. The summed E-state index contributed by atoms with van der Waals surface area (Å²) >= 11 is 0. The van der Waals surface area contributed by atoms with Crippen LogP contribution < -0.4 is 0 Å². The first-order valence-corrected chi connectivity index (χ1v) is 5.68. The second kappa shape index (κ2) is 4.46. The largest absolute Gasteiger partial charge is 0.480 e. The number of nitrogens with zero attached hydrogens (tertiary/aromatic N) is 3. The molecule has 2 heterocycles. The van der Waals surface area contributed by atoms with Crippen LogP contribution >= 0.6 is 0 Å². The lowest BCUT2D eigenvalue weighted by molar-refractivity contribution is -0.144. The van der Waals surface area contributed by atoms with Gasteiger partial charge in [-0.15, -0.1) is 0 Å². The standard InChI is InChI=1S/C11H17N3O3/c1-7-4-14-10(3-9(6-15)12-14)5-13(7)8(2)11(16)17/h3,7-8,15H,4-6H2,1-2H3,(H,16,17)/t7-,8+/m0/s1. The Labute approximate surface area is 99.5 Å². The van der Waals surface area contributed by atoms with E-state index in [9.17, 15) is 4.79 Å². The molecule has 2 rings (SSSR count). The Morgan fingerprint density at radius 2 is 2.41 bits per heavy atom. The van der Waals surface area contributed by atoms with Gasteiger partial charge >= 0.3 is 5.97 Å². The predicted octanol–water partition coefficient (Wildman–Crippen LogP) is 0.0526. The summed E-state index contributed by atoms with van der Waals surface area (Å²) in [7, 11) is 0. The van der Waals surface area contributed by atoms with Crippen molar-refractivity contribution in [3.8, 4) is 0 Å². The van der Waals surface area contributed by atoms with Crippen molar-refractivity contribution in [1.29, 1.82) is 0 Å². The van der Waals surface area contributed by atoms with Crippen molar-refractivity contribution < 1.29 is 15.0 Å². The van der Waals surface area contributed by atoms with E-state index in [-0.39, 0.29) is 12.6 Å². The van der Waals surface area contributed by atoms with Crippen molar-refractivity contribution in [3.05, 3.63) is 17.5 Å². The van der Waals surface area contributed by atoms with Crippen molar-refractivity contribution >= 4 is 5.97 Å². The Bertz CT molecular complexity index is 430. The van der Waals surface area contributed by atoms with Gasteiger partial charge in [-0.1, -0.05) is 0 Å². The van der Waals surface area contributed by atoms with Crippen LogP contribution in [0.3, 0.4) is 0 Å². The van der Waals surface area contributed by atoms with E-state index in [4.69, 9.17) is 10.2 Å². The molecule has 2 N–H and O–H groups in total. The first kappa shape index (κ1) is 12.1. The fraction of sp³-hybridized carbons (Fsp3) is 0.636. The van der Waals surface area contributed by atoms with E-state index < -0.39 is 12.0 Å². The fourth-order valence-electron chi connectivity index (χ4n) is 2.24. The maximum absolute atomic E-state index is 11.0. The molecule has 94 valence electrons. The maximum Gasteiger partial charge on any atom is 0.320 e. The summed E-state index contributed by atoms with van der Waals surface area (Å²) < 4.78 is 1.85. The molecule has 17 heavy (non-hydrogen) atoms. The van der Waals surface area contributed by atoms with Gasteiger partial charge in [-0.25, -0.2) is 0 Å². The zero-order valence-corrected chi connectivity index (χ0v) is 10.00. The SMILES string of the molecule is C[C@H](C(=O)O)N1Cc2cc(CO)nn2C[C@@H]1C. The molecule has 2 atom stereocenters. The Morgan fingerprint density at radius 1 is 1.71 bits per heavy atom. The van der Waals surface area contributed by atoms with E-state index in [1.807, 2.05) is 22.6 Å². The Kier molecular flexibility index (Phi) is 3.17. The second-order valence-corrected chi connectivity index (χ2v) is 4.50. The minimum Gasteiger partial charge on any atom is -0.480 e. The number of carboxylic acid groups (broad SMARTS) is 1. The molecular weight excluding hydrogens is 222 g/mol. The van der Waals surface area contributed by atoms with Gasteiger partial charge in [-0.05, 0) is 19.9 Å². The number of carbonyl (C=O) groups is 1. The monoisotopic (exact) mass is 239 g/mol. The first-order valence-electron chi connectivity index (χ1n) is 5.68. The van der Waals surface area contributed by atoms with Crippen LogP contribution in [0.5, 0.6) is 0 Å². The number of rotatable bonds is 3. The minimum absolute atomic E-state index is 0.0805. The third kappa shape index (κ3) is 2.18. The van der Waals surface area contributed by atoms with Crippen LogP contribution in [-0.2, 0) is 24.5 Å². The molecule has 0 saturated carbocycles. The third-order valence-electron chi connectivity index (χ3n) is 3.28. The summed E-state index contributed by atoms with van der Waals surface area (Å²) in [6, 6.07) is 1.44. The quantitative estimate of drug-likeness (QED) is 0.779. The molecule has 0 unspecified atom stereocenters. The van der Waals surface area contributed by atoms with Crippen LogP contribution in [0, 0.1) is 0 Å². The van der Waals surface area contributed by atoms with Crippen molar-refractivity contribution in [2.45, 2.75) is 45.6 Å². The van der Waals surface area contributed by atoms with Gasteiger partial charge in [-0.2, -0.15) is 5.10 Å². The van der Waals surface area contributed by atoms with Crippen LogP contribution in [0.1, 0.15) is 25.2 Å². The van der Waals surface area contributed by atoms with E-state index in [0.717, 1.165) is 5.69 Å². The van der Waals surface area contributed by atoms with E-state index in [1.54, 1.807) is 6.92 Å². The highest BCUT2D eigenvalue weighted by Gasteiger charge is 2.30.